The van der Waals surface area contributed by atoms with Gasteiger partial charge in [-0.1, -0.05) is 0 Å². The summed E-state index contributed by atoms with van der Waals surface area (Å²) in [5.41, 5.74) is 6.84. The lowest BCUT2D eigenvalue weighted by Crippen LogP contribution is -2.27. The summed E-state index contributed by atoms with van der Waals surface area (Å²) in [4.78, 5) is -0.0655. The molecule has 0 bridgehead atoms. The predicted molar refractivity (Wildman–Crippen MR) is 77.7 cm³/mol. The second-order valence-electron chi connectivity index (χ2n) is 4.46. The van der Waals surface area contributed by atoms with E-state index in [1.54, 1.807) is 17.9 Å². The topological polar surface area (TPSA) is 114 Å². The van der Waals surface area contributed by atoms with Crippen LogP contribution < -0.4 is 10.5 Å². The summed E-state index contributed by atoms with van der Waals surface area (Å²) < 4.78 is 28.6. The van der Waals surface area contributed by atoms with E-state index >= 15 is 0 Å². The van der Waals surface area contributed by atoms with E-state index in [4.69, 9.17) is 11.0 Å². The number of benzene rings is 1. The van der Waals surface area contributed by atoms with Crippen LogP contribution in [0, 0.1) is 11.3 Å². The van der Waals surface area contributed by atoms with Crippen LogP contribution in [0.3, 0.4) is 0 Å². The van der Waals surface area contributed by atoms with Gasteiger partial charge in [0.15, 0.2) is 0 Å². The Bertz CT molecular complexity index is 789. The van der Waals surface area contributed by atoms with E-state index in [2.05, 4.69) is 9.82 Å². The average molecular weight is 305 g/mol. The minimum absolute atomic E-state index is 0.0306. The highest BCUT2D eigenvalue weighted by atomic mass is 32.2. The fourth-order valence-corrected chi connectivity index (χ4v) is 3.07. The molecular weight excluding hydrogens is 290 g/mol. The van der Waals surface area contributed by atoms with Crippen molar-refractivity contribution < 1.29 is 8.42 Å². The van der Waals surface area contributed by atoms with E-state index in [0.29, 0.717) is 12.1 Å². The number of nitrogen functional groups attached to an aromatic ring is 1. The smallest absolute Gasteiger partial charge is 0.241 e. The molecule has 0 saturated heterocycles. The van der Waals surface area contributed by atoms with Gasteiger partial charge in [0.1, 0.15) is 6.07 Å². The third kappa shape index (κ3) is 3.39. The average Bonchev–Trinajstić information content (AvgIpc) is 2.84. The van der Waals surface area contributed by atoms with Crippen molar-refractivity contribution in [2.75, 3.05) is 12.3 Å². The molecule has 3 N–H and O–H groups in total. The Labute approximate surface area is 123 Å². The Morgan fingerprint density at radius 3 is 2.81 bits per heavy atom. The molecule has 0 aliphatic rings. The predicted octanol–water partition coefficient (Wildman–Crippen LogP) is 0.395. The molecule has 0 aliphatic heterocycles. The van der Waals surface area contributed by atoms with E-state index in [1.807, 2.05) is 12.1 Å². The maximum Gasteiger partial charge on any atom is 0.241 e. The Morgan fingerprint density at radius 2 is 2.19 bits per heavy atom. The molecule has 8 heteroatoms. The van der Waals surface area contributed by atoms with E-state index in [-0.39, 0.29) is 17.0 Å². The molecule has 1 heterocycles. The van der Waals surface area contributed by atoms with Gasteiger partial charge >= 0.3 is 0 Å². The van der Waals surface area contributed by atoms with Crippen LogP contribution in [-0.2, 0) is 23.5 Å². The molecule has 0 atom stereocenters. The van der Waals surface area contributed by atoms with Crippen molar-refractivity contribution in [2.45, 2.75) is 11.3 Å². The van der Waals surface area contributed by atoms with Crippen LogP contribution in [0.4, 0.5) is 5.69 Å². The molecule has 2 aromatic rings. The minimum atomic E-state index is -3.74. The first kappa shape index (κ1) is 15.0. The van der Waals surface area contributed by atoms with Crippen LogP contribution in [0.5, 0.6) is 0 Å². The highest BCUT2D eigenvalue weighted by molar-refractivity contribution is 7.89. The molecule has 0 amide bonds. The van der Waals surface area contributed by atoms with E-state index in [1.165, 1.54) is 18.2 Å². The zero-order chi connectivity index (χ0) is 15.5. The number of sulfonamides is 1. The molecule has 0 spiro atoms. The molecule has 21 heavy (non-hydrogen) atoms. The summed E-state index contributed by atoms with van der Waals surface area (Å²) in [5.74, 6) is 0. The minimum Gasteiger partial charge on any atom is -0.399 e. The van der Waals surface area contributed by atoms with E-state index in [0.717, 1.165) is 5.69 Å². The number of hydrogen-bond donors (Lipinski definition) is 2. The highest BCUT2D eigenvalue weighted by Gasteiger charge is 2.18. The van der Waals surface area contributed by atoms with Crippen LogP contribution in [0.25, 0.3) is 0 Å². The molecule has 0 saturated carbocycles. The van der Waals surface area contributed by atoms with E-state index in [9.17, 15) is 8.42 Å². The fraction of sp³-hybridized carbons (Fsp3) is 0.231. The molecule has 7 nitrogen and oxygen atoms in total. The number of nitriles is 1. The molecule has 1 aromatic heterocycles. The summed E-state index contributed by atoms with van der Waals surface area (Å²) in [6, 6.07) is 7.79. The first-order valence-electron chi connectivity index (χ1n) is 6.20. The quantitative estimate of drug-likeness (QED) is 0.776. The van der Waals surface area contributed by atoms with Crippen molar-refractivity contribution in [1.29, 1.82) is 5.26 Å². The van der Waals surface area contributed by atoms with Crippen LogP contribution in [-0.4, -0.2) is 24.7 Å². The number of rotatable bonds is 5. The van der Waals surface area contributed by atoms with Gasteiger partial charge in [-0.15, -0.1) is 0 Å². The third-order valence-electron chi connectivity index (χ3n) is 3.01. The number of hydrogen-bond acceptors (Lipinski definition) is 5. The van der Waals surface area contributed by atoms with Gasteiger partial charge in [0.05, 0.1) is 10.5 Å². The van der Waals surface area contributed by atoms with E-state index < -0.39 is 10.0 Å². The van der Waals surface area contributed by atoms with Crippen molar-refractivity contribution in [3.05, 3.63) is 41.7 Å². The van der Waals surface area contributed by atoms with Gasteiger partial charge in [-0.05, 0) is 24.3 Å². The van der Waals surface area contributed by atoms with Crippen LogP contribution in [0.15, 0.2) is 35.4 Å². The van der Waals surface area contributed by atoms with Gasteiger partial charge < -0.3 is 5.73 Å². The molecule has 1 aromatic carbocycles. The van der Waals surface area contributed by atoms with Gasteiger partial charge in [-0.3, -0.25) is 4.68 Å². The molecule has 0 radical (unpaired) electrons. The Morgan fingerprint density at radius 1 is 1.43 bits per heavy atom. The van der Waals surface area contributed by atoms with Crippen molar-refractivity contribution in [1.82, 2.24) is 14.5 Å². The third-order valence-corrected chi connectivity index (χ3v) is 4.53. The first-order chi connectivity index (χ1) is 9.94. The first-order valence-corrected chi connectivity index (χ1v) is 7.68. The molecule has 0 unspecified atom stereocenters. The number of nitrogens with one attached hydrogen (secondary N) is 1. The SMILES string of the molecule is Cn1nccc1CCNS(=O)(=O)c1ccc(N)cc1C#N. The standard InChI is InChI=1S/C13H15N5O2S/c1-18-12(4-6-16-18)5-7-17-21(19,20)13-3-2-11(15)8-10(13)9-14/h2-4,6,8,17H,5,7,15H2,1H3. The van der Waals surface area contributed by atoms with Gasteiger partial charge in [-0.2, -0.15) is 10.4 Å². The maximum atomic E-state index is 12.2. The highest BCUT2D eigenvalue weighted by Crippen LogP contribution is 2.17. The largest absolute Gasteiger partial charge is 0.399 e. The second kappa shape index (κ2) is 5.95. The summed E-state index contributed by atoms with van der Waals surface area (Å²) in [5, 5.41) is 13.0. The van der Waals surface area contributed by atoms with Crippen LogP contribution in [0.1, 0.15) is 11.3 Å². The molecule has 110 valence electrons. The number of aromatic nitrogens is 2. The zero-order valence-electron chi connectivity index (χ0n) is 11.4. The Hall–Kier alpha value is -2.37. The Balaban J connectivity index is 2.12. The van der Waals surface area contributed by atoms with Crippen molar-refractivity contribution >= 4 is 15.7 Å². The molecular formula is C13H15N5O2S. The summed E-state index contributed by atoms with van der Waals surface area (Å²) in [6.07, 6.45) is 2.16. The normalized spacial score (nSPS) is 11.2. The van der Waals surface area contributed by atoms with Crippen LogP contribution in [0.2, 0.25) is 0 Å². The molecule has 0 aliphatic carbocycles. The summed E-state index contributed by atoms with van der Waals surface area (Å²) in [7, 11) is -1.95. The van der Waals surface area contributed by atoms with Crippen molar-refractivity contribution in [3.8, 4) is 6.07 Å². The molecule has 2 rings (SSSR count). The number of anilines is 1. The number of aryl methyl sites for hydroxylation is 1. The number of nitrogens with two attached hydrogens (primary N) is 1. The van der Waals surface area contributed by atoms with Crippen LogP contribution >= 0.6 is 0 Å². The summed E-state index contributed by atoms with van der Waals surface area (Å²) >= 11 is 0. The van der Waals surface area contributed by atoms with Gasteiger partial charge in [-0.25, -0.2) is 13.1 Å². The lowest BCUT2D eigenvalue weighted by atomic mass is 10.2. The Kier molecular flexibility index (Phi) is 4.26. The van der Waals surface area contributed by atoms with Gasteiger partial charge in [0, 0.05) is 37.6 Å². The van der Waals surface area contributed by atoms with Crippen molar-refractivity contribution in [3.63, 3.8) is 0 Å². The van der Waals surface area contributed by atoms with Crippen molar-refractivity contribution in [2.24, 2.45) is 7.05 Å². The lowest BCUT2D eigenvalue weighted by molar-refractivity contribution is 0.579. The van der Waals surface area contributed by atoms with Gasteiger partial charge in [0.25, 0.3) is 0 Å². The monoisotopic (exact) mass is 305 g/mol. The number of nitrogens with zero attached hydrogens (tertiary/aromatic N) is 3. The van der Waals surface area contributed by atoms with Gasteiger partial charge in [0.2, 0.25) is 10.0 Å². The second-order valence-corrected chi connectivity index (χ2v) is 6.20. The zero-order valence-corrected chi connectivity index (χ0v) is 12.3. The molecule has 0 fully saturated rings. The summed E-state index contributed by atoms with van der Waals surface area (Å²) in [6.45, 7) is 0.219. The maximum absolute atomic E-state index is 12.2. The lowest BCUT2D eigenvalue weighted by Gasteiger charge is -2.09. The fourth-order valence-electron chi connectivity index (χ4n) is 1.91.